The minimum atomic E-state index is 0.0701. The summed E-state index contributed by atoms with van der Waals surface area (Å²) in [7, 11) is 1.65. The van der Waals surface area contributed by atoms with Crippen molar-refractivity contribution in [3.8, 4) is 11.5 Å². The number of nitrogens with one attached hydrogen (secondary N) is 1. The van der Waals surface area contributed by atoms with Gasteiger partial charge in [0, 0.05) is 48.7 Å². The van der Waals surface area contributed by atoms with E-state index in [0.29, 0.717) is 31.2 Å². The lowest BCUT2D eigenvalue weighted by molar-refractivity contribution is 0.152. The Bertz CT molecular complexity index is 1380. The average molecular weight is 558 g/mol. The first-order valence-electron chi connectivity index (χ1n) is 14.3. The molecule has 0 bridgehead atoms. The number of benzene rings is 3. The molecule has 3 N–H and O–H groups in total. The van der Waals surface area contributed by atoms with E-state index in [2.05, 4.69) is 85.7 Å². The summed E-state index contributed by atoms with van der Waals surface area (Å²) in [6.07, 6.45) is 3.38. The van der Waals surface area contributed by atoms with Gasteiger partial charge in [0.1, 0.15) is 0 Å². The molecule has 0 aliphatic carbocycles. The van der Waals surface area contributed by atoms with Gasteiger partial charge in [-0.25, -0.2) is 0 Å². The lowest BCUT2D eigenvalue weighted by atomic mass is 9.87. The predicted octanol–water partition coefficient (Wildman–Crippen LogP) is 5.93. The fourth-order valence-corrected chi connectivity index (χ4v) is 4.87. The van der Waals surface area contributed by atoms with Crippen molar-refractivity contribution in [3.63, 3.8) is 0 Å². The van der Waals surface area contributed by atoms with E-state index in [1.54, 1.807) is 7.11 Å². The highest BCUT2D eigenvalue weighted by Gasteiger charge is 2.14. The zero-order valence-corrected chi connectivity index (χ0v) is 24.7. The second-order valence-corrected chi connectivity index (χ2v) is 11.3. The van der Waals surface area contributed by atoms with Gasteiger partial charge in [-0.15, -0.1) is 0 Å². The van der Waals surface area contributed by atoms with Gasteiger partial charge in [0.15, 0.2) is 11.5 Å². The molecule has 7 nitrogen and oxygen atoms in total. The van der Waals surface area contributed by atoms with Gasteiger partial charge in [0.25, 0.3) is 0 Å². The molecule has 0 aliphatic rings. The molecule has 0 atom stereocenters. The number of aliphatic hydroxyl groups excluding tert-OH is 2. The Kier molecular flexibility index (Phi) is 10.6. The minimum Gasteiger partial charge on any atom is -0.493 e. The number of methoxy groups -OCH3 is 1. The van der Waals surface area contributed by atoms with Crippen LogP contribution < -0.4 is 14.8 Å². The Morgan fingerprint density at radius 3 is 2.10 bits per heavy atom. The minimum absolute atomic E-state index is 0.0701. The molecule has 0 saturated carbocycles. The van der Waals surface area contributed by atoms with E-state index in [4.69, 9.17) is 9.47 Å². The Morgan fingerprint density at radius 2 is 1.49 bits per heavy atom. The number of anilines is 2. The maximum Gasteiger partial charge on any atom is 0.163 e. The molecule has 41 heavy (non-hydrogen) atoms. The number of rotatable bonds is 14. The number of aromatic nitrogens is 1. The molecular weight excluding hydrogens is 514 g/mol. The molecule has 0 aliphatic heterocycles. The van der Waals surface area contributed by atoms with Crippen LogP contribution in [-0.2, 0) is 11.8 Å². The van der Waals surface area contributed by atoms with E-state index in [0.717, 1.165) is 41.7 Å². The molecule has 0 amide bonds. The summed E-state index contributed by atoms with van der Waals surface area (Å²) < 4.78 is 11.7. The molecule has 4 rings (SSSR count). The number of hydrogen-bond acceptors (Lipinski definition) is 7. The Hall–Kier alpha value is -3.65. The molecular formula is C34H43N3O4. The predicted molar refractivity (Wildman–Crippen MR) is 167 cm³/mol. The highest BCUT2D eigenvalue weighted by atomic mass is 16.5. The van der Waals surface area contributed by atoms with Gasteiger partial charge in [0.05, 0.1) is 32.4 Å². The molecule has 3 aromatic carbocycles. The monoisotopic (exact) mass is 557 g/mol. The molecule has 4 aromatic rings. The van der Waals surface area contributed by atoms with Crippen LogP contribution >= 0.6 is 0 Å². The van der Waals surface area contributed by atoms with Crippen LogP contribution in [0.15, 0.2) is 72.9 Å². The Labute approximate surface area is 243 Å². The van der Waals surface area contributed by atoms with Gasteiger partial charge in [-0.05, 0) is 71.3 Å². The number of ether oxygens (including phenoxy) is 2. The molecule has 0 fully saturated rings. The SMILES string of the molecule is COc1cc2c(Cc3ccc(Nc4ccc(C(C)(C)C)cc4)cc3)ccnc2cc1OCCCN(CCO)CCO. The molecule has 0 saturated heterocycles. The van der Waals surface area contributed by atoms with E-state index in [1.165, 1.54) is 16.7 Å². The normalized spacial score (nSPS) is 11.7. The number of nitrogens with zero attached hydrogens (tertiary/aromatic N) is 2. The summed E-state index contributed by atoms with van der Waals surface area (Å²) in [5, 5.41) is 22.9. The van der Waals surface area contributed by atoms with E-state index in [-0.39, 0.29) is 18.6 Å². The number of pyridine rings is 1. The third-order valence-electron chi connectivity index (χ3n) is 7.21. The second kappa shape index (κ2) is 14.3. The first-order chi connectivity index (χ1) is 19.8. The maximum absolute atomic E-state index is 9.20. The fourth-order valence-electron chi connectivity index (χ4n) is 4.87. The van der Waals surface area contributed by atoms with E-state index in [9.17, 15) is 10.2 Å². The van der Waals surface area contributed by atoms with Crippen LogP contribution in [-0.4, -0.2) is 66.7 Å². The molecule has 1 aromatic heterocycles. The van der Waals surface area contributed by atoms with Gasteiger partial charge in [-0.3, -0.25) is 9.88 Å². The standard InChI is InChI=1S/C34H43N3O4/c1-34(2,3)27-8-12-29(13-9-27)36-28-10-6-25(7-11-28)22-26-14-15-35-31-24-33(32(40-4)23-30(26)31)41-21-5-16-37(17-19-38)18-20-39/h6-15,23-24,36,38-39H,5,16-22H2,1-4H3. The highest BCUT2D eigenvalue weighted by Crippen LogP contribution is 2.34. The number of fused-ring (bicyclic) bond motifs is 1. The molecule has 7 heteroatoms. The average Bonchev–Trinajstić information content (AvgIpc) is 2.96. The number of aliphatic hydroxyl groups is 2. The van der Waals surface area contributed by atoms with Crippen LogP contribution in [0.25, 0.3) is 10.9 Å². The van der Waals surface area contributed by atoms with Crippen LogP contribution in [0.5, 0.6) is 11.5 Å². The van der Waals surface area contributed by atoms with Crippen LogP contribution in [0.3, 0.4) is 0 Å². The van der Waals surface area contributed by atoms with Gasteiger partial charge in [-0.1, -0.05) is 45.0 Å². The largest absolute Gasteiger partial charge is 0.493 e. The first-order valence-corrected chi connectivity index (χ1v) is 14.3. The lowest BCUT2D eigenvalue weighted by Crippen LogP contribution is -2.31. The Balaban J connectivity index is 1.41. The summed E-state index contributed by atoms with van der Waals surface area (Å²) in [5.74, 6) is 1.33. The smallest absolute Gasteiger partial charge is 0.163 e. The maximum atomic E-state index is 9.20. The zero-order chi connectivity index (χ0) is 29.2. The van der Waals surface area contributed by atoms with Crippen molar-refractivity contribution in [2.24, 2.45) is 0 Å². The molecule has 0 unspecified atom stereocenters. The van der Waals surface area contributed by atoms with Crippen molar-refractivity contribution in [1.82, 2.24) is 9.88 Å². The van der Waals surface area contributed by atoms with Gasteiger partial charge in [-0.2, -0.15) is 0 Å². The third-order valence-corrected chi connectivity index (χ3v) is 7.21. The van der Waals surface area contributed by atoms with Crippen molar-refractivity contribution in [1.29, 1.82) is 0 Å². The van der Waals surface area contributed by atoms with Gasteiger partial charge < -0.3 is 25.0 Å². The van der Waals surface area contributed by atoms with Crippen LogP contribution in [0.1, 0.15) is 43.9 Å². The van der Waals surface area contributed by atoms with Crippen molar-refractivity contribution in [3.05, 3.63) is 89.6 Å². The van der Waals surface area contributed by atoms with E-state index >= 15 is 0 Å². The van der Waals surface area contributed by atoms with E-state index < -0.39 is 0 Å². The topological polar surface area (TPSA) is 87.1 Å². The van der Waals surface area contributed by atoms with Gasteiger partial charge >= 0.3 is 0 Å². The van der Waals surface area contributed by atoms with Gasteiger partial charge in [0.2, 0.25) is 0 Å². The van der Waals surface area contributed by atoms with Crippen molar-refractivity contribution in [2.45, 2.75) is 39.0 Å². The van der Waals surface area contributed by atoms with Crippen molar-refractivity contribution in [2.75, 3.05) is 51.9 Å². The second-order valence-electron chi connectivity index (χ2n) is 11.3. The van der Waals surface area contributed by atoms with Crippen molar-refractivity contribution >= 4 is 22.3 Å². The fraction of sp³-hybridized carbons (Fsp3) is 0.382. The summed E-state index contributed by atoms with van der Waals surface area (Å²) >= 11 is 0. The number of hydrogen-bond donors (Lipinski definition) is 3. The summed E-state index contributed by atoms with van der Waals surface area (Å²) in [6.45, 7) is 9.12. The molecule has 0 radical (unpaired) electrons. The summed E-state index contributed by atoms with van der Waals surface area (Å²) in [5.41, 5.74) is 6.82. The molecule has 0 spiro atoms. The first kappa shape index (κ1) is 30.3. The van der Waals surface area contributed by atoms with Crippen molar-refractivity contribution < 1.29 is 19.7 Å². The van der Waals surface area contributed by atoms with Crippen LogP contribution in [0.2, 0.25) is 0 Å². The van der Waals surface area contributed by atoms with Crippen LogP contribution in [0, 0.1) is 0 Å². The lowest BCUT2D eigenvalue weighted by Gasteiger charge is -2.20. The molecule has 1 heterocycles. The highest BCUT2D eigenvalue weighted by molar-refractivity contribution is 5.86. The quantitative estimate of drug-likeness (QED) is 0.166. The summed E-state index contributed by atoms with van der Waals surface area (Å²) in [6, 6.07) is 23.2. The summed E-state index contributed by atoms with van der Waals surface area (Å²) in [4.78, 5) is 6.61. The third kappa shape index (κ3) is 8.43. The molecule has 218 valence electrons. The zero-order valence-electron chi connectivity index (χ0n) is 24.7. The van der Waals surface area contributed by atoms with E-state index in [1.807, 2.05) is 23.2 Å². The Morgan fingerprint density at radius 1 is 0.829 bits per heavy atom. The van der Waals surface area contributed by atoms with Crippen LogP contribution in [0.4, 0.5) is 11.4 Å².